The fourth-order valence-corrected chi connectivity index (χ4v) is 3.80. The lowest BCUT2D eigenvalue weighted by atomic mass is 10.0. The van der Waals surface area contributed by atoms with E-state index in [1.54, 1.807) is 4.80 Å². The van der Waals surface area contributed by atoms with Crippen LogP contribution in [0.1, 0.15) is 28.4 Å². The van der Waals surface area contributed by atoms with Gasteiger partial charge in [0.25, 0.3) is 5.91 Å². The van der Waals surface area contributed by atoms with Crippen LogP contribution in [-0.4, -0.2) is 20.9 Å². The summed E-state index contributed by atoms with van der Waals surface area (Å²) in [6, 6.07) is 25.7. The van der Waals surface area contributed by atoms with Gasteiger partial charge in [-0.3, -0.25) is 4.79 Å². The van der Waals surface area contributed by atoms with Crippen molar-refractivity contribution in [1.29, 1.82) is 0 Å². The van der Waals surface area contributed by atoms with E-state index in [1.165, 1.54) is 5.56 Å². The predicted octanol–water partition coefficient (Wildman–Crippen LogP) is 5.70. The molecule has 1 N–H and O–H groups in total. The lowest BCUT2D eigenvalue weighted by Crippen LogP contribution is -2.13. The molecule has 1 amide bonds. The molecule has 0 saturated heterocycles. The van der Waals surface area contributed by atoms with Crippen LogP contribution in [0.15, 0.2) is 78.9 Å². The number of anilines is 1. The molecular formula is C26H22N4O. The zero-order valence-corrected chi connectivity index (χ0v) is 17.5. The normalized spacial score (nSPS) is 11.2. The van der Waals surface area contributed by atoms with Crippen LogP contribution < -0.4 is 5.32 Å². The molecule has 5 rings (SSSR count). The van der Waals surface area contributed by atoms with Crippen LogP contribution in [0.2, 0.25) is 0 Å². The van der Waals surface area contributed by atoms with E-state index < -0.39 is 0 Å². The molecule has 4 aromatic carbocycles. The number of amides is 1. The molecule has 152 valence electrons. The van der Waals surface area contributed by atoms with Gasteiger partial charge in [-0.2, -0.15) is 4.80 Å². The SMILES string of the molecule is CCc1ccc(-n2nc3cc(C)c(NC(=O)c4cccc5ccccc45)cc3n2)cc1. The predicted molar refractivity (Wildman–Crippen MR) is 125 cm³/mol. The number of carbonyl (C=O) groups excluding carboxylic acids is 1. The number of rotatable bonds is 4. The largest absolute Gasteiger partial charge is 0.322 e. The van der Waals surface area contributed by atoms with E-state index in [9.17, 15) is 4.79 Å². The first-order valence-corrected chi connectivity index (χ1v) is 10.4. The van der Waals surface area contributed by atoms with Gasteiger partial charge in [-0.1, -0.05) is 55.5 Å². The topological polar surface area (TPSA) is 59.8 Å². The van der Waals surface area contributed by atoms with Crippen molar-refractivity contribution in [1.82, 2.24) is 15.0 Å². The van der Waals surface area contributed by atoms with Gasteiger partial charge in [0.15, 0.2) is 0 Å². The molecule has 0 saturated carbocycles. The molecule has 5 aromatic rings. The molecule has 0 aliphatic rings. The summed E-state index contributed by atoms with van der Waals surface area (Å²) in [6.45, 7) is 4.10. The van der Waals surface area contributed by atoms with Crippen LogP contribution in [0.5, 0.6) is 0 Å². The monoisotopic (exact) mass is 406 g/mol. The first-order chi connectivity index (χ1) is 15.1. The first kappa shape index (κ1) is 19.0. The van der Waals surface area contributed by atoms with Crippen LogP contribution in [-0.2, 0) is 6.42 Å². The Morgan fingerprint density at radius 1 is 0.903 bits per heavy atom. The van der Waals surface area contributed by atoms with Crippen molar-refractivity contribution < 1.29 is 4.79 Å². The van der Waals surface area contributed by atoms with Crippen molar-refractivity contribution in [2.75, 3.05) is 5.32 Å². The minimum Gasteiger partial charge on any atom is -0.322 e. The number of hydrogen-bond acceptors (Lipinski definition) is 3. The van der Waals surface area contributed by atoms with E-state index >= 15 is 0 Å². The molecule has 0 atom stereocenters. The lowest BCUT2D eigenvalue weighted by molar-refractivity contribution is 0.102. The molecule has 31 heavy (non-hydrogen) atoms. The van der Waals surface area contributed by atoms with Gasteiger partial charge in [0.2, 0.25) is 0 Å². The van der Waals surface area contributed by atoms with E-state index in [0.717, 1.165) is 45.2 Å². The zero-order chi connectivity index (χ0) is 21.4. The lowest BCUT2D eigenvalue weighted by Gasteiger charge is -2.10. The summed E-state index contributed by atoms with van der Waals surface area (Å²) in [4.78, 5) is 14.7. The summed E-state index contributed by atoms with van der Waals surface area (Å²) in [5.41, 5.74) is 6.03. The minimum absolute atomic E-state index is 0.137. The molecule has 0 unspecified atom stereocenters. The number of nitrogens with one attached hydrogen (secondary N) is 1. The first-order valence-electron chi connectivity index (χ1n) is 10.4. The third kappa shape index (κ3) is 3.55. The number of aryl methyl sites for hydroxylation is 2. The maximum atomic E-state index is 13.1. The molecule has 0 spiro atoms. The third-order valence-electron chi connectivity index (χ3n) is 5.58. The number of hydrogen-bond donors (Lipinski definition) is 1. The summed E-state index contributed by atoms with van der Waals surface area (Å²) in [5.74, 6) is -0.137. The highest BCUT2D eigenvalue weighted by molar-refractivity contribution is 6.13. The maximum absolute atomic E-state index is 13.1. The van der Waals surface area contributed by atoms with Gasteiger partial charge in [-0.15, -0.1) is 10.2 Å². The molecule has 0 aliphatic carbocycles. The van der Waals surface area contributed by atoms with Crippen LogP contribution in [0, 0.1) is 6.92 Å². The average molecular weight is 406 g/mol. The Morgan fingerprint density at radius 2 is 1.61 bits per heavy atom. The summed E-state index contributed by atoms with van der Waals surface area (Å²) >= 11 is 0. The number of nitrogens with zero attached hydrogens (tertiary/aromatic N) is 3. The Balaban J connectivity index is 1.48. The highest BCUT2D eigenvalue weighted by atomic mass is 16.1. The van der Waals surface area contributed by atoms with Gasteiger partial charge in [0.05, 0.1) is 5.69 Å². The number of benzene rings is 4. The molecule has 5 heteroatoms. The van der Waals surface area contributed by atoms with Crippen molar-refractivity contribution in [3.05, 3.63) is 95.6 Å². The molecule has 1 heterocycles. The van der Waals surface area contributed by atoms with Crippen molar-refractivity contribution in [2.45, 2.75) is 20.3 Å². The second-order valence-electron chi connectivity index (χ2n) is 7.65. The Hall–Kier alpha value is -3.99. The van der Waals surface area contributed by atoms with Gasteiger partial charge in [-0.05, 0) is 65.6 Å². The van der Waals surface area contributed by atoms with Crippen LogP contribution >= 0.6 is 0 Å². The fourth-order valence-electron chi connectivity index (χ4n) is 3.80. The Bertz CT molecular complexity index is 1410. The fraction of sp³-hybridized carbons (Fsp3) is 0.115. The summed E-state index contributed by atoms with van der Waals surface area (Å²) < 4.78 is 0. The van der Waals surface area contributed by atoms with Crippen molar-refractivity contribution in [3.63, 3.8) is 0 Å². The van der Waals surface area contributed by atoms with E-state index in [-0.39, 0.29) is 5.91 Å². The van der Waals surface area contributed by atoms with Crippen molar-refractivity contribution in [2.24, 2.45) is 0 Å². The third-order valence-corrected chi connectivity index (χ3v) is 5.58. The van der Waals surface area contributed by atoms with E-state index in [1.807, 2.05) is 73.7 Å². The summed E-state index contributed by atoms with van der Waals surface area (Å²) in [5, 5.41) is 14.3. The van der Waals surface area contributed by atoms with Gasteiger partial charge in [0, 0.05) is 11.3 Å². The van der Waals surface area contributed by atoms with Crippen LogP contribution in [0.4, 0.5) is 5.69 Å². The van der Waals surface area contributed by atoms with Gasteiger partial charge in [0.1, 0.15) is 11.0 Å². The summed E-state index contributed by atoms with van der Waals surface area (Å²) in [6.07, 6.45) is 0.994. The molecule has 0 aliphatic heterocycles. The second-order valence-corrected chi connectivity index (χ2v) is 7.65. The number of aromatic nitrogens is 3. The Kier molecular flexibility index (Phi) is 4.71. The standard InChI is InChI=1S/C26H22N4O/c1-3-18-11-13-20(14-12-18)30-28-24-15-17(2)23(16-25(24)29-30)27-26(31)22-10-6-8-19-7-4-5-9-21(19)22/h4-16H,3H2,1-2H3,(H,27,31). The minimum atomic E-state index is -0.137. The average Bonchev–Trinajstić information content (AvgIpc) is 3.21. The van der Waals surface area contributed by atoms with Gasteiger partial charge < -0.3 is 5.32 Å². The van der Waals surface area contributed by atoms with Crippen LogP contribution in [0.3, 0.4) is 0 Å². The molecule has 0 bridgehead atoms. The van der Waals surface area contributed by atoms with Gasteiger partial charge in [-0.25, -0.2) is 0 Å². The molecular weight excluding hydrogens is 384 g/mol. The van der Waals surface area contributed by atoms with Crippen LogP contribution in [0.25, 0.3) is 27.5 Å². The van der Waals surface area contributed by atoms with Crippen molar-refractivity contribution >= 4 is 33.4 Å². The molecule has 1 aromatic heterocycles. The molecule has 0 radical (unpaired) electrons. The highest BCUT2D eigenvalue weighted by Gasteiger charge is 2.14. The zero-order valence-electron chi connectivity index (χ0n) is 17.5. The second kappa shape index (κ2) is 7.69. The van der Waals surface area contributed by atoms with Crippen molar-refractivity contribution in [3.8, 4) is 5.69 Å². The number of carbonyl (C=O) groups is 1. The van der Waals surface area contributed by atoms with E-state index in [4.69, 9.17) is 0 Å². The summed E-state index contributed by atoms with van der Waals surface area (Å²) in [7, 11) is 0. The Morgan fingerprint density at radius 3 is 2.39 bits per heavy atom. The molecule has 0 fully saturated rings. The smallest absolute Gasteiger partial charge is 0.256 e. The highest BCUT2D eigenvalue weighted by Crippen LogP contribution is 2.25. The van der Waals surface area contributed by atoms with E-state index in [0.29, 0.717) is 5.56 Å². The number of fused-ring (bicyclic) bond motifs is 2. The molecule has 5 nitrogen and oxygen atoms in total. The van der Waals surface area contributed by atoms with E-state index in [2.05, 4.69) is 34.6 Å². The Labute approximate surface area is 180 Å². The maximum Gasteiger partial charge on any atom is 0.256 e. The quantitative estimate of drug-likeness (QED) is 0.417. The van der Waals surface area contributed by atoms with Gasteiger partial charge >= 0.3 is 0 Å².